The molecule has 1 saturated carbocycles. The molecule has 1 aliphatic carbocycles. The van der Waals surface area contributed by atoms with Gasteiger partial charge in [-0.2, -0.15) is 0 Å². The summed E-state index contributed by atoms with van der Waals surface area (Å²) in [4.78, 5) is 11.9. The largest absolute Gasteiger partial charge is 0.495 e. The highest BCUT2D eigenvalue weighted by Gasteiger charge is 2.41. The molecular formula is C23H27FO6. The van der Waals surface area contributed by atoms with E-state index in [-0.39, 0.29) is 23.5 Å². The summed E-state index contributed by atoms with van der Waals surface area (Å²) in [5.41, 5.74) is -1.10. The van der Waals surface area contributed by atoms with E-state index in [1.54, 1.807) is 13.8 Å². The first-order valence-electron chi connectivity index (χ1n) is 10.0. The lowest BCUT2D eigenvalue weighted by atomic mass is 9.82. The fraction of sp³-hybridized carbons (Fsp3) is 0.522. The first kappa shape index (κ1) is 22.1. The van der Waals surface area contributed by atoms with Gasteiger partial charge < -0.3 is 24.4 Å². The average molecular weight is 418 g/mol. The molecule has 0 bridgehead atoms. The molecule has 1 heterocycles. The SMILES string of the molecule is COc1cc(CO)c(F)cc1C#CC(O)(CC1=CC(=O)OC(C)(C)O1)C1CCCC1. The number of esters is 1. The predicted molar refractivity (Wildman–Crippen MR) is 107 cm³/mol. The van der Waals surface area contributed by atoms with Crippen LogP contribution in [0.15, 0.2) is 24.0 Å². The van der Waals surface area contributed by atoms with Crippen LogP contribution in [0.25, 0.3) is 0 Å². The first-order valence-corrected chi connectivity index (χ1v) is 10.0. The van der Waals surface area contributed by atoms with E-state index in [1.165, 1.54) is 25.3 Å². The van der Waals surface area contributed by atoms with E-state index in [1.807, 2.05) is 0 Å². The van der Waals surface area contributed by atoms with Crippen LogP contribution < -0.4 is 4.74 Å². The highest BCUT2D eigenvalue weighted by molar-refractivity contribution is 5.83. The molecule has 0 amide bonds. The highest BCUT2D eigenvalue weighted by Crippen LogP contribution is 2.39. The number of carbonyl (C=O) groups excluding carboxylic acids is 1. The van der Waals surface area contributed by atoms with Gasteiger partial charge in [0.25, 0.3) is 0 Å². The number of ether oxygens (including phenoxy) is 3. The van der Waals surface area contributed by atoms with Crippen LogP contribution in [0.3, 0.4) is 0 Å². The second-order valence-electron chi connectivity index (χ2n) is 8.17. The maximum absolute atomic E-state index is 14.2. The lowest BCUT2D eigenvalue weighted by Crippen LogP contribution is -2.40. The monoisotopic (exact) mass is 418 g/mol. The fourth-order valence-electron chi connectivity index (χ4n) is 3.97. The van der Waals surface area contributed by atoms with Crippen molar-refractivity contribution >= 4 is 5.97 Å². The van der Waals surface area contributed by atoms with Crippen molar-refractivity contribution in [2.75, 3.05) is 7.11 Å². The third kappa shape index (κ3) is 4.94. The maximum atomic E-state index is 14.2. The van der Waals surface area contributed by atoms with Crippen LogP contribution >= 0.6 is 0 Å². The summed E-state index contributed by atoms with van der Waals surface area (Å²) in [7, 11) is 1.43. The Morgan fingerprint density at radius 3 is 2.60 bits per heavy atom. The van der Waals surface area contributed by atoms with Crippen molar-refractivity contribution in [2.45, 2.75) is 63.9 Å². The standard InChI is InChI=1S/C23H27FO6/c1-22(2)29-18(12-21(26)30-22)13-23(27,17-6-4-5-7-17)9-8-15-10-19(24)16(14-25)11-20(15)28-3/h10-12,17,25,27H,4-7,13-14H2,1-3H3. The van der Waals surface area contributed by atoms with Crippen molar-refractivity contribution in [3.63, 3.8) is 0 Å². The topological polar surface area (TPSA) is 85.2 Å². The zero-order chi connectivity index (χ0) is 21.9. The number of hydrogen-bond acceptors (Lipinski definition) is 6. The minimum atomic E-state index is -1.47. The van der Waals surface area contributed by atoms with Crippen molar-refractivity contribution in [1.29, 1.82) is 0 Å². The van der Waals surface area contributed by atoms with Crippen LogP contribution in [0.4, 0.5) is 4.39 Å². The maximum Gasteiger partial charge on any atom is 0.337 e. The summed E-state index contributed by atoms with van der Waals surface area (Å²) in [5, 5.41) is 20.7. The molecule has 0 spiro atoms. The summed E-state index contributed by atoms with van der Waals surface area (Å²) < 4.78 is 30.3. The van der Waals surface area contributed by atoms with Gasteiger partial charge in [-0.1, -0.05) is 24.7 Å². The zero-order valence-corrected chi connectivity index (χ0v) is 17.5. The summed E-state index contributed by atoms with van der Waals surface area (Å²) >= 11 is 0. The molecule has 1 atom stereocenters. The average Bonchev–Trinajstić information content (AvgIpc) is 3.20. The smallest absolute Gasteiger partial charge is 0.337 e. The number of carbonyl (C=O) groups is 1. The Labute approximate surface area is 175 Å². The van der Waals surface area contributed by atoms with Crippen molar-refractivity contribution in [1.82, 2.24) is 0 Å². The lowest BCUT2D eigenvalue weighted by molar-refractivity contribution is -0.207. The molecule has 30 heavy (non-hydrogen) atoms. The third-order valence-electron chi connectivity index (χ3n) is 5.43. The zero-order valence-electron chi connectivity index (χ0n) is 17.5. The van der Waals surface area contributed by atoms with Gasteiger partial charge in [0.2, 0.25) is 5.79 Å². The Balaban J connectivity index is 1.96. The van der Waals surface area contributed by atoms with E-state index in [2.05, 4.69) is 11.8 Å². The molecule has 1 aromatic rings. The summed E-state index contributed by atoms with van der Waals surface area (Å²) in [6.07, 6.45) is 4.78. The molecule has 0 saturated heterocycles. The Morgan fingerprint density at radius 1 is 1.30 bits per heavy atom. The lowest BCUT2D eigenvalue weighted by Gasteiger charge is -2.35. The predicted octanol–water partition coefficient (Wildman–Crippen LogP) is 3.18. The molecule has 2 aliphatic rings. The van der Waals surface area contributed by atoms with E-state index in [4.69, 9.17) is 14.2 Å². The second kappa shape index (κ2) is 8.66. The summed E-state index contributed by atoms with van der Waals surface area (Å²) in [5.74, 6) is 3.99. The van der Waals surface area contributed by atoms with Gasteiger partial charge in [0, 0.05) is 25.8 Å². The number of cyclic esters (lactones) is 1. The summed E-state index contributed by atoms with van der Waals surface area (Å²) in [6, 6.07) is 2.57. The van der Waals surface area contributed by atoms with Crippen LogP contribution in [-0.2, 0) is 20.9 Å². The van der Waals surface area contributed by atoms with E-state index in [0.29, 0.717) is 11.5 Å². The van der Waals surface area contributed by atoms with E-state index in [0.717, 1.165) is 25.7 Å². The van der Waals surface area contributed by atoms with Gasteiger partial charge in [-0.05, 0) is 30.9 Å². The molecule has 0 aromatic heterocycles. The van der Waals surface area contributed by atoms with E-state index in [9.17, 15) is 19.4 Å². The van der Waals surface area contributed by atoms with Gasteiger partial charge in [0.1, 0.15) is 22.9 Å². The van der Waals surface area contributed by atoms with Crippen molar-refractivity contribution < 1.29 is 33.6 Å². The third-order valence-corrected chi connectivity index (χ3v) is 5.43. The Bertz CT molecular complexity index is 904. The van der Waals surface area contributed by atoms with Crippen LogP contribution in [0.1, 0.15) is 57.1 Å². The molecule has 6 nitrogen and oxygen atoms in total. The second-order valence-corrected chi connectivity index (χ2v) is 8.17. The van der Waals surface area contributed by atoms with Gasteiger partial charge in [-0.25, -0.2) is 9.18 Å². The van der Waals surface area contributed by atoms with Gasteiger partial charge in [0.05, 0.1) is 25.4 Å². The van der Waals surface area contributed by atoms with Gasteiger partial charge in [0.15, 0.2) is 0 Å². The molecule has 162 valence electrons. The summed E-state index contributed by atoms with van der Waals surface area (Å²) in [6.45, 7) is 2.78. The molecule has 0 radical (unpaired) electrons. The molecule has 3 rings (SSSR count). The highest BCUT2D eigenvalue weighted by atomic mass is 19.1. The molecule has 1 unspecified atom stereocenters. The Kier molecular flexibility index (Phi) is 6.39. The van der Waals surface area contributed by atoms with Crippen LogP contribution in [0.2, 0.25) is 0 Å². The molecule has 1 aromatic carbocycles. The fourth-order valence-corrected chi connectivity index (χ4v) is 3.97. The minimum absolute atomic E-state index is 0.0166. The Hall–Kier alpha value is -2.56. The van der Waals surface area contributed by atoms with Crippen molar-refractivity contribution in [2.24, 2.45) is 5.92 Å². The molecule has 1 fully saturated rings. The van der Waals surface area contributed by atoms with Gasteiger partial charge in [-0.3, -0.25) is 0 Å². The van der Waals surface area contributed by atoms with E-state index < -0.39 is 29.8 Å². The number of aliphatic hydroxyl groups is 2. The van der Waals surface area contributed by atoms with Crippen LogP contribution in [0.5, 0.6) is 5.75 Å². The van der Waals surface area contributed by atoms with E-state index >= 15 is 0 Å². The number of benzene rings is 1. The number of aliphatic hydroxyl groups excluding tert-OH is 1. The number of rotatable bonds is 5. The van der Waals surface area contributed by atoms with Crippen LogP contribution in [0, 0.1) is 23.6 Å². The number of hydrogen-bond donors (Lipinski definition) is 2. The van der Waals surface area contributed by atoms with Crippen LogP contribution in [-0.4, -0.2) is 34.7 Å². The van der Waals surface area contributed by atoms with Crippen molar-refractivity contribution in [3.05, 3.63) is 40.9 Å². The first-order chi connectivity index (χ1) is 14.2. The molecule has 2 N–H and O–H groups in total. The minimum Gasteiger partial charge on any atom is -0.495 e. The van der Waals surface area contributed by atoms with Crippen molar-refractivity contribution in [3.8, 4) is 17.6 Å². The Morgan fingerprint density at radius 2 is 2.00 bits per heavy atom. The molecule has 7 heteroatoms. The molecule has 1 aliphatic heterocycles. The van der Waals surface area contributed by atoms with Gasteiger partial charge in [-0.15, -0.1) is 0 Å². The number of methoxy groups -OCH3 is 1. The number of halogens is 1. The normalized spacial score (nSPS) is 20.3. The molecular weight excluding hydrogens is 391 g/mol. The quantitative estimate of drug-likeness (QED) is 0.564. The van der Waals surface area contributed by atoms with Gasteiger partial charge >= 0.3 is 5.97 Å².